The van der Waals surface area contributed by atoms with Crippen molar-refractivity contribution in [2.45, 2.75) is 54.2 Å². The van der Waals surface area contributed by atoms with Crippen molar-refractivity contribution in [2.24, 2.45) is 5.92 Å². The molecule has 6 heterocycles. The Morgan fingerprint density at radius 2 is 1.98 bits per heavy atom. The number of imidazole rings is 1. The van der Waals surface area contributed by atoms with Crippen LogP contribution in [0.3, 0.4) is 0 Å². The number of ether oxygens (including phenoxy) is 2. The molecule has 0 aromatic carbocycles. The van der Waals surface area contributed by atoms with E-state index in [1.807, 2.05) is 0 Å². The smallest absolute Gasteiger partial charge is 0.368 e. The number of fused-ring (bicyclic) bond motifs is 1. The molecule has 1 spiro atoms. The Bertz CT molecular complexity index is 1620. The monoisotopic (exact) mass is 612 g/mol. The summed E-state index contributed by atoms with van der Waals surface area (Å²) in [6.07, 6.45) is 0.403. The van der Waals surface area contributed by atoms with Gasteiger partial charge < -0.3 is 33.6 Å². The Morgan fingerprint density at radius 1 is 1.23 bits per heavy atom. The molecule has 6 rings (SSSR count). The van der Waals surface area contributed by atoms with Crippen LogP contribution in [0, 0.1) is 5.92 Å². The van der Waals surface area contributed by atoms with Crippen LogP contribution < -0.4 is 15.4 Å². The van der Waals surface area contributed by atoms with Gasteiger partial charge in [0.1, 0.15) is 0 Å². The van der Waals surface area contributed by atoms with Crippen LogP contribution >= 0.6 is 0 Å². The Morgan fingerprint density at radius 3 is 2.66 bits per heavy atom. The lowest BCUT2D eigenvalue weighted by atomic mass is 9.72. The van der Waals surface area contributed by atoms with E-state index < -0.39 is 66.2 Å². The Balaban J connectivity index is 1.31. The number of carbonyl (C=O) groups excluding carboxylic acids is 2. The molecule has 3 amide bonds. The van der Waals surface area contributed by atoms with Gasteiger partial charge in [-0.05, 0) is 29.2 Å². The van der Waals surface area contributed by atoms with Crippen LogP contribution in [0.4, 0.5) is 22.2 Å². The summed E-state index contributed by atoms with van der Waals surface area (Å²) < 4.78 is 72.8. The Kier molecular flexibility index (Phi) is 7.16. The third-order valence-corrected chi connectivity index (χ3v) is 8.95. The second kappa shape index (κ2) is 10.4. The maximum absolute atomic E-state index is 15.2. The normalized spacial score (nSPS) is 27.5. The van der Waals surface area contributed by atoms with Gasteiger partial charge in [0.05, 0.1) is 59.6 Å². The molecular formula is C23H24B4F4N8O5. The van der Waals surface area contributed by atoms with Gasteiger partial charge in [-0.3, -0.25) is 4.79 Å². The van der Waals surface area contributed by atoms with E-state index >= 15 is 4.32 Å². The molecule has 0 bridgehead atoms. The molecule has 226 valence electrons. The van der Waals surface area contributed by atoms with Crippen molar-refractivity contribution < 1.29 is 41.1 Å². The summed E-state index contributed by atoms with van der Waals surface area (Å²) in [4.78, 5) is 31.6. The predicted molar refractivity (Wildman–Crippen MR) is 147 cm³/mol. The first-order valence-electron chi connectivity index (χ1n) is 13.6. The highest BCUT2D eigenvalue weighted by Gasteiger charge is 3.05. The molecule has 21 heteroatoms. The molecule has 13 nitrogen and oxygen atoms in total. The number of urea groups is 1. The van der Waals surface area contributed by atoms with Crippen molar-refractivity contribution in [1.82, 2.24) is 40.4 Å². The Labute approximate surface area is 251 Å². The highest BCUT2D eigenvalue weighted by molar-refractivity contribution is 7.10. The van der Waals surface area contributed by atoms with Gasteiger partial charge in [0, 0.05) is 34.5 Å². The van der Waals surface area contributed by atoms with Gasteiger partial charge >= 0.3 is 20.0 Å². The quantitative estimate of drug-likeness (QED) is 0.226. The number of amides is 3. The van der Waals surface area contributed by atoms with Crippen LogP contribution in [0.15, 0.2) is 23.1 Å². The van der Waals surface area contributed by atoms with Crippen molar-refractivity contribution in [3.05, 3.63) is 35.4 Å². The van der Waals surface area contributed by atoms with Crippen molar-refractivity contribution in [1.29, 1.82) is 0 Å². The van der Waals surface area contributed by atoms with Gasteiger partial charge in [-0.15, -0.1) is 0 Å². The fourth-order valence-electron chi connectivity index (χ4n) is 6.36. The van der Waals surface area contributed by atoms with E-state index in [1.165, 1.54) is 44.1 Å². The molecule has 6 atom stereocenters. The maximum atomic E-state index is 15.2. The molecule has 3 aliphatic rings. The van der Waals surface area contributed by atoms with Crippen LogP contribution in [-0.2, 0) is 4.74 Å². The van der Waals surface area contributed by atoms with E-state index in [2.05, 4.69) is 35.7 Å². The topological polar surface area (TPSA) is 149 Å². The van der Waals surface area contributed by atoms with E-state index in [-0.39, 0.29) is 42.4 Å². The number of hydrogen-bond acceptors (Lipinski definition) is 9. The summed E-state index contributed by atoms with van der Waals surface area (Å²) in [5.74, 6) is -1.88. The average molecular weight is 612 g/mol. The first-order valence-corrected chi connectivity index (χ1v) is 13.6. The summed E-state index contributed by atoms with van der Waals surface area (Å²) in [6.45, 7) is -2.58. The number of nitrogens with zero attached hydrogens (tertiary/aromatic N) is 6. The minimum absolute atomic E-state index is 0.0340. The van der Waals surface area contributed by atoms with Gasteiger partial charge in [-0.1, -0.05) is 6.92 Å². The molecule has 0 saturated carbocycles. The molecule has 3 aromatic rings. The predicted octanol–water partition coefficient (Wildman–Crippen LogP) is 1.02. The third-order valence-electron chi connectivity index (χ3n) is 8.95. The second-order valence-electron chi connectivity index (χ2n) is 11.4. The van der Waals surface area contributed by atoms with E-state index in [9.17, 15) is 22.7 Å². The van der Waals surface area contributed by atoms with Crippen LogP contribution in [-0.4, -0.2) is 109 Å². The lowest BCUT2D eigenvalue weighted by Crippen LogP contribution is -2.60. The highest BCUT2D eigenvalue weighted by Crippen LogP contribution is 2.84. The van der Waals surface area contributed by atoms with Crippen LogP contribution in [0.1, 0.15) is 53.6 Å². The lowest BCUT2D eigenvalue weighted by Gasteiger charge is -2.42. The van der Waals surface area contributed by atoms with Crippen molar-refractivity contribution in [3.63, 3.8) is 0 Å². The first-order chi connectivity index (χ1) is 20.9. The zero-order valence-electron chi connectivity index (χ0n) is 23.7. The van der Waals surface area contributed by atoms with Gasteiger partial charge in [-0.2, -0.15) is 5.10 Å². The molecule has 3 aliphatic heterocycles. The number of halogens is 4. The van der Waals surface area contributed by atoms with Crippen molar-refractivity contribution in [3.8, 4) is 5.88 Å². The molecule has 3 aromatic heterocycles. The van der Waals surface area contributed by atoms with Gasteiger partial charge in [0.2, 0.25) is 12.1 Å². The SMILES string of the molecule is [B]C12NC(=O)N(C(COC)c3cnn4cc(C(CCC(C)C(F)F)NC(=O)c5nonc5OC)nc4c3)C3([B])B(F)C13B2F. The minimum atomic E-state index is -2.57. The molecule has 4 radical (unpaired) electrons. The molecule has 0 aliphatic carbocycles. The van der Waals surface area contributed by atoms with Crippen LogP contribution in [0.25, 0.3) is 5.65 Å². The van der Waals surface area contributed by atoms with E-state index in [4.69, 9.17) is 25.2 Å². The van der Waals surface area contributed by atoms with Crippen LogP contribution in [0.5, 0.6) is 5.88 Å². The second-order valence-corrected chi connectivity index (χ2v) is 11.4. The average Bonchev–Trinajstić information content (AvgIpc) is 3.43. The molecule has 6 unspecified atom stereocenters. The van der Waals surface area contributed by atoms with E-state index in [0.717, 1.165) is 4.90 Å². The number of carbonyl (C=O) groups is 2. The number of rotatable bonds is 12. The number of hydrogen-bond donors (Lipinski definition) is 2. The summed E-state index contributed by atoms with van der Waals surface area (Å²) in [6, 6.07) is -1.23. The fourth-order valence-corrected chi connectivity index (χ4v) is 6.36. The number of methoxy groups -OCH3 is 2. The largest absolute Gasteiger partial charge is 0.477 e. The number of alkyl halides is 2. The van der Waals surface area contributed by atoms with Crippen molar-refractivity contribution >= 4 is 47.3 Å². The van der Waals surface area contributed by atoms with Gasteiger partial charge in [-0.25, -0.2) is 27.7 Å². The molecule has 2 N–H and O–H groups in total. The number of aromatic nitrogens is 5. The Hall–Kier alpha value is -3.76. The summed E-state index contributed by atoms with van der Waals surface area (Å²) in [5.41, 5.74) is 0.578. The number of nitrogens with one attached hydrogen (secondary N) is 2. The highest BCUT2D eigenvalue weighted by atomic mass is 19.3. The van der Waals surface area contributed by atoms with Gasteiger partial charge in [0.25, 0.3) is 11.8 Å². The fraction of sp³-hybridized carbons (Fsp3) is 0.565. The zero-order chi connectivity index (χ0) is 31.8. The van der Waals surface area contributed by atoms with E-state index in [0.29, 0.717) is 5.56 Å². The van der Waals surface area contributed by atoms with Crippen LogP contribution in [0.2, 0.25) is 5.21 Å². The van der Waals surface area contributed by atoms with E-state index in [1.54, 1.807) is 0 Å². The van der Waals surface area contributed by atoms with Gasteiger partial charge in [0.15, 0.2) is 5.65 Å². The lowest BCUT2D eigenvalue weighted by molar-refractivity contribution is 0.0778. The first kappa shape index (κ1) is 30.3. The van der Waals surface area contributed by atoms with Crippen molar-refractivity contribution in [2.75, 3.05) is 20.8 Å². The minimum Gasteiger partial charge on any atom is -0.477 e. The summed E-state index contributed by atoms with van der Waals surface area (Å²) in [7, 11) is 14.9. The molecule has 44 heavy (non-hydrogen) atoms. The standard InChI is InChI=1S/C23H24B4F4N8O5/c1-10(17(28)29)4-5-12(34-18(40)16-19(43-3)37-44-36-16)13-8-38-15(33-13)6-11(7-32-38)14(9-42-2)39-20(41)35-22(24)21(26(22)30)23(39,25)27(21)31/h6-8,10,12,14,17H,4-5,9H2,1-3H3,(H,34,40)(H,35,41). The molecule has 3 fully saturated rings. The molecular weight excluding hydrogens is 588 g/mol. The molecule has 3 saturated heterocycles. The maximum Gasteiger partial charge on any atom is 0.368 e. The zero-order valence-corrected chi connectivity index (χ0v) is 23.7. The summed E-state index contributed by atoms with van der Waals surface area (Å²) >= 11 is 0. The summed E-state index contributed by atoms with van der Waals surface area (Å²) in [5, 5.41) is 10.7. The third kappa shape index (κ3) is 4.06.